The Morgan fingerprint density at radius 2 is 2.14 bits per heavy atom. The van der Waals surface area contributed by atoms with E-state index in [4.69, 9.17) is 4.74 Å². The van der Waals surface area contributed by atoms with Crippen molar-refractivity contribution in [1.29, 1.82) is 0 Å². The Labute approximate surface area is 126 Å². The van der Waals surface area contributed by atoms with Crippen molar-refractivity contribution in [3.05, 3.63) is 58.4 Å². The topological polar surface area (TPSA) is 51.2 Å². The van der Waals surface area contributed by atoms with Crippen LogP contribution in [-0.2, 0) is 6.54 Å². The second-order valence-electron chi connectivity index (χ2n) is 4.49. The third-order valence-corrected chi connectivity index (χ3v) is 4.01. The normalized spacial score (nSPS) is 10.5. The van der Waals surface area contributed by atoms with Crippen LogP contribution in [0.25, 0.3) is 10.9 Å². The molecular formula is C16H14N2O2S. The van der Waals surface area contributed by atoms with Gasteiger partial charge in [-0.15, -0.1) is 11.3 Å². The van der Waals surface area contributed by atoms with Crippen molar-refractivity contribution in [2.24, 2.45) is 0 Å². The summed E-state index contributed by atoms with van der Waals surface area (Å²) in [6.45, 7) is 0.507. The highest BCUT2D eigenvalue weighted by Gasteiger charge is 2.12. The predicted octanol–water partition coefficient (Wildman–Crippen LogP) is 3.23. The van der Waals surface area contributed by atoms with Gasteiger partial charge in [0.1, 0.15) is 11.4 Å². The van der Waals surface area contributed by atoms with Crippen LogP contribution in [0.4, 0.5) is 0 Å². The molecule has 0 radical (unpaired) electrons. The maximum absolute atomic E-state index is 12.2. The van der Waals surface area contributed by atoms with Crippen molar-refractivity contribution >= 4 is 28.1 Å². The predicted molar refractivity (Wildman–Crippen MR) is 83.8 cm³/mol. The van der Waals surface area contributed by atoms with Gasteiger partial charge in [-0.25, -0.2) is 4.98 Å². The van der Waals surface area contributed by atoms with Gasteiger partial charge in [0.25, 0.3) is 5.91 Å². The van der Waals surface area contributed by atoms with Gasteiger partial charge in [0.05, 0.1) is 19.2 Å². The molecule has 4 nitrogen and oxygen atoms in total. The van der Waals surface area contributed by atoms with E-state index >= 15 is 0 Å². The fraction of sp³-hybridized carbons (Fsp3) is 0.125. The number of thiophene rings is 1. The van der Waals surface area contributed by atoms with Crippen LogP contribution in [0.3, 0.4) is 0 Å². The molecular weight excluding hydrogens is 284 g/mol. The Kier molecular flexibility index (Phi) is 3.83. The van der Waals surface area contributed by atoms with E-state index in [1.807, 2.05) is 41.8 Å². The summed E-state index contributed by atoms with van der Waals surface area (Å²) in [5, 5.41) is 5.75. The van der Waals surface area contributed by atoms with Crippen LogP contribution in [-0.4, -0.2) is 18.0 Å². The summed E-state index contributed by atoms with van der Waals surface area (Å²) in [5.41, 5.74) is 1.11. The van der Waals surface area contributed by atoms with E-state index in [1.165, 1.54) is 0 Å². The van der Waals surface area contributed by atoms with Crippen molar-refractivity contribution in [2.45, 2.75) is 6.54 Å². The van der Waals surface area contributed by atoms with Crippen LogP contribution in [0.2, 0.25) is 0 Å². The molecule has 1 N–H and O–H groups in total. The molecule has 21 heavy (non-hydrogen) atoms. The van der Waals surface area contributed by atoms with E-state index in [2.05, 4.69) is 10.3 Å². The molecule has 1 amide bonds. The van der Waals surface area contributed by atoms with E-state index in [0.29, 0.717) is 18.0 Å². The summed E-state index contributed by atoms with van der Waals surface area (Å²) in [7, 11) is 1.59. The number of nitrogens with one attached hydrogen (secondary N) is 1. The molecule has 0 fully saturated rings. The Balaban J connectivity index is 1.87. The van der Waals surface area contributed by atoms with E-state index in [1.54, 1.807) is 24.5 Å². The van der Waals surface area contributed by atoms with Crippen LogP contribution < -0.4 is 10.1 Å². The Morgan fingerprint density at radius 3 is 2.90 bits per heavy atom. The highest BCUT2D eigenvalue weighted by molar-refractivity contribution is 7.09. The van der Waals surface area contributed by atoms with E-state index in [0.717, 1.165) is 15.8 Å². The molecule has 0 aliphatic heterocycles. The first kappa shape index (κ1) is 13.6. The number of ether oxygens (including phenoxy) is 1. The molecule has 0 aliphatic rings. The number of amides is 1. The van der Waals surface area contributed by atoms with Gasteiger partial charge in [-0.05, 0) is 23.6 Å². The average Bonchev–Trinajstić information content (AvgIpc) is 3.04. The molecule has 0 unspecified atom stereocenters. The molecule has 3 rings (SSSR count). The number of rotatable bonds is 4. The zero-order valence-corrected chi connectivity index (χ0v) is 12.3. The molecule has 5 heteroatoms. The number of hydrogen-bond acceptors (Lipinski definition) is 4. The van der Waals surface area contributed by atoms with Gasteiger partial charge in [0.2, 0.25) is 0 Å². The van der Waals surface area contributed by atoms with Crippen molar-refractivity contribution in [1.82, 2.24) is 10.3 Å². The number of hydrogen-bond donors (Lipinski definition) is 1. The fourth-order valence-electron chi connectivity index (χ4n) is 2.10. The number of carbonyl (C=O) groups is 1. The lowest BCUT2D eigenvalue weighted by molar-refractivity contribution is 0.0946. The van der Waals surface area contributed by atoms with Crippen LogP contribution >= 0.6 is 11.3 Å². The summed E-state index contributed by atoms with van der Waals surface area (Å²) in [4.78, 5) is 17.7. The maximum Gasteiger partial charge on any atom is 0.270 e. The first-order valence-electron chi connectivity index (χ1n) is 6.52. The second-order valence-corrected chi connectivity index (χ2v) is 5.52. The van der Waals surface area contributed by atoms with E-state index < -0.39 is 0 Å². The summed E-state index contributed by atoms with van der Waals surface area (Å²) >= 11 is 1.61. The summed E-state index contributed by atoms with van der Waals surface area (Å²) in [6.07, 6.45) is 0. The van der Waals surface area contributed by atoms with Gasteiger partial charge in [0.15, 0.2) is 0 Å². The number of benzene rings is 1. The Morgan fingerprint density at radius 1 is 1.29 bits per heavy atom. The van der Waals surface area contributed by atoms with Crippen LogP contribution in [0.5, 0.6) is 5.75 Å². The number of fused-ring (bicyclic) bond motifs is 1. The first-order valence-corrected chi connectivity index (χ1v) is 7.40. The molecule has 0 saturated heterocycles. The molecule has 0 atom stereocenters. The second kappa shape index (κ2) is 5.93. The number of nitrogens with zero attached hydrogens (tertiary/aromatic N) is 1. The molecule has 0 spiro atoms. The van der Waals surface area contributed by atoms with Crippen LogP contribution in [0, 0.1) is 0 Å². The van der Waals surface area contributed by atoms with Gasteiger partial charge < -0.3 is 10.1 Å². The van der Waals surface area contributed by atoms with E-state index in [9.17, 15) is 4.79 Å². The minimum atomic E-state index is -0.201. The lowest BCUT2D eigenvalue weighted by Gasteiger charge is -2.08. The summed E-state index contributed by atoms with van der Waals surface area (Å²) in [5.74, 6) is 0.453. The van der Waals surface area contributed by atoms with Gasteiger partial charge in [0, 0.05) is 16.3 Å². The minimum Gasteiger partial charge on any atom is -0.496 e. The summed E-state index contributed by atoms with van der Waals surface area (Å²) < 4.78 is 5.35. The maximum atomic E-state index is 12.2. The zero-order valence-electron chi connectivity index (χ0n) is 11.5. The number of aromatic nitrogens is 1. The highest BCUT2D eigenvalue weighted by atomic mass is 32.1. The van der Waals surface area contributed by atoms with Gasteiger partial charge >= 0.3 is 0 Å². The molecule has 0 aliphatic carbocycles. The van der Waals surface area contributed by atoms with Gasteiger partial charge in [-0.1, -0.05) is 18.2 Å². The average molecular weight is 298 g/mol. The first-order chi connectivity index (χ1) is 10.3. The zero-order chi connectivity index (χ0) is 14.7. The quantitative estimate of drug-likeness (QED) is 0.804. The monoisotopic (exact) mass is 298 g/mol. The smallest absolute Gasteiger partial charge is 0.270 e. The number of carbonyl (C=O) groups excluding carboxylic acids is 1. The number of pyridine rings is 1. The highest BCUT2D eigenvalue weighted by Crippen LogP contribution is 2.24. The molecule has 0 bridgehead atoms. The fourth-order valence-corrected chi connectivity index (χ4v) is 2.74. The minimum absolute atomic E-state index is 0.201. The van der Waals surface area contributed by atoms with Gasteiger partial charge in [-0.3, -0.25) is 4.79 Å². The van der Waals surface area contributed by atoms with Gasteiger partial charge in [-0.2, -0.15) is 0 Å². The molecule has 0 saturated carbocycles. The third-order valence-electron chi connectivity index (χ3n) is 3.13. The van der Waals surface area contributed by atoms with Crippen LogP contribution in [0.1, 0.15) is 15.4 Å². The largest absolute Gasteiger partial charge is 0.496 e. The Hall–Kier alpha value is -2.40. The van der Waals surface area contributed by atoms with Crippen molar-refractivity contribution < 1.29 is 9.53 Å². The third kappa shape index (κ3) is 2.87. The molecule has 106 valence electrons. The summed E-state index contributed by atoms with van der Waals surface area (Å²) in [6, 6.07) is 13.2. The SMILES string of the molecule is COc1cc(C(=O)NCc2cccs2)nc2ccccc12. The number of para-hydroxylation sites is 1. The molecule has 2 heterocycles. The van der Waals surface area contributed by atoms with Crippen molar-refractivity contribution in [2.75, 3.05) is 7.11 Å². The lowest BCUT2D eigenvalue weighted by atomic mass is 10.1. The molecule has 1 aromatic carbocycles. The standard InChI is InChI=1S/C16H14N2O2S/c1-20-15-9-14(18-13-7-3-2-6-12(13)15)16(19)17-10-11-5-4-8-21-11/h2-9H,10H2,1H3,(H,17,19). The van der Waals surface area contributed by atoms with E-state index in [-0.39, 0.29) is 5.91 Å². The Bertz CT molecular complexity index is 769. The lowest BCUT2D eigenvalue weighted by Crippen LogP contribution is -2.23. The van der Waals surface area contributed by atoms with Crippen molar-refractivity contribution in [3.63, 3.8) is 0 Å². The molecule has 3 aromatic rings. The number of methoxy groups -OCH3 is 1. The molecule has 2 aromatic heterocycles. The van der Waals surface area contributed by atoms with Crippen LogP contribution in [0.15, 0.2) is 47.8 Å². The van der Waals surface area contributed by atoms with Crippen molar-refractivity contribution in [3.8, 4) is 5.75 Å².